The molecule has 19 heavy (non-hydrogen) atoms. The lowest BCUT2D eigenvalue weighted by Gasteiger charge is -2.13. The van der Waals surface area contributed by atoms with Crippen molar-refractivity contribution >= 4 is 11.4 Å². The normalized spacial score (nSPS) is 10.9. The number of benzene rings is 1. The zero-order chi connectivity index (χ0) is 14.2. The summed E-state index contributed by atoms with van der Waals surface area (Å²) in [5, 5.41) is 18.9. The molecule has 7 nitrogen and oxygen atoms in total. The highest BCUT2D eigenvalue weighted by atomic mass is 16.6. The fourth-order valence-corrected chi connectivity index (χ4v) is 2.02. The predicted octanol–water partition coefficient (Wildman–Crippen LogP) is 2.32. The van der Waals surface area contributed by atoms with Crippen LogP contribution in [0.5, 0.6) is 0 Å². The molecule has 2 aromatic rings. The summed E-state index contributed by atoms with van der Waals surface area (Å²) in [5.41, 5.74) is 6.86. The summed E-state index contributed by atoms with van der Waals surface area (Å²) >= 11 is 0. The number of hydrogen-bond acceptors (Lipinski definition) is 5. The van der Waals surface area contributed by atoms with Crippen LogP contribution in [0.3, 0.4) is 0 Å². The van der Waals surface area contributed by atoms with Crippen molar-refractivity contribution in [2.45, 2.75) is 26.8 Å². The van der Waals surface area contributed by atoms with Crippen molar-refractivity contribution in [3.8, 4) is 11.4 Å². The van der Waals surface area contributed by atoms with Crippen molar-refractivity contribution in [1.29, 1.82) is 0 Å². The molecule has 1 aromatic carbocycles. The van der Waals surface area contributed by atoms with Crippen molar-refractivity contribution in [3.63, 3.8) is 0 Å². The molecule has 0 bridgehead atoms. The van der Waals surface area contributed by atoms with Crippen LogP contribution >= 0.6 is 0 Å². The first kappa shape index (κ1) is 13.0. The van der Waals surface area contributed by atoms with Gasteiger partial charge in [-0.15, -0.1) is 10.2 Å². The van der Waals surface area contributed by atoms with Crippen LogP contribution in [-0.2, 0) is 0 Å². The van der Waals surface area contributed by atoms with Gasteiger partial charge < -0.3 is 10.3 Å². The van der Waals surface area contributed by atoms with Gasteiger partial charge in [-0.05, 0) is 26.8 Å². The molecule has 0 aliphatic heterocycles. The van der Waals surface area contributed by atoms with Crippen LogP contribution in [0.4, 0.5) is 11.4 Å². The number of nitrogen functional groups attached to an aromatic ring is 1. The molecule has 2 N–H and O–H groups in total. The average Bonchev–Trinajstić information content (AvgIpc) is 2.71. The fraction of sp³-hybridized carbons (Fsp3) is 0.333. The van der Waals surface area contributed by atoms with E-state index in [2.05, 4.69) is 10.2 Å². The van der Waals surface area contributed by atoms with E-state index in [9.17, 15) is 10.1 Å². The topological polar surface area (TPSA) is 99.9 Å². The quantitative estimate of drug-likeness (QED) is 0.519. The number of aryl methyl sites for hydroxylation is 1. The maximum absolute atomic E-state index is 10.8. The Morgan fingerprint density at radius 1 is 1.37 bits per heavy atom. The molecule has 0 spiro atoms. The second kappa shape index (κ2) is 4.68. The van der Waals surface area contributed by atoms with Crippen molar-refractivity contribution in [1.82, 2.24) is 14.8 Å². The highest BCUT2D eigenvalue weighted by Gasteiger charge is 2.18. The minimum atomic E-state index is -0.452. The van der Waals surface area contributed by atoms with E-state index in [0.717, 1.165) is 5.82 Å². The second-order valence-corrected chi connectivity index (χ2v) is 4.56. The maximum Gasteiger partial charge on any atom is 0.270 e. The average molecular weight is 261 g/mol. The van der Waals surface area contributed by atoms with Crippen LogP contribution < -0.4 is 5.73 Å². The van der Waals surface area contributed by atoms with Gasteiger partial charge in [0.2, 0.25) is 0 Å². The zero-order valence-corrected chi connectivity index (χ0v) is 11.0. The second-order valence-electron chi connectivity index (χ2n) is 4.56. The van der Waals surface area contributed by atoms with Gasteiger partial charge in [0.1, 0.15) is 5.82 Å². The summed E-state index contributed by atoms with van der Waals surface area (Å²) in [6, 6.07) is 4.46. The van der Waals surface area contributed by atoms with Crippen LogP contribution in [0.25, 0.3) is 11.4 Å². The molecule has 0 saturated carbocycles. The molecular weight excluding hydrogens is 246 g/mol. The van der Waals surface area contributed by atoms with Gasteiger partial charge >= 0.3 is 0 Å². The first-order valence-electron chi connectivity index (χ1n) is 5.87. The molecule has 0 aliphatic rings. The van der Waals surface area contributed by atoms with E-state index in [-0.39, 0.29) is 11.7 Å². The van der Waals surface area contributed by atoms with Crippen LogP contribution in [0.1, 0.15) is 25.7 Å². The van der Waals surface area contributed by atoms with E-state index in [1.165, 1.54) is 18.2 Å². The Morgan fingerprint density at radius 3 is 2.63 bits per heavy atom. The smallest absolute Gasteiger partial charge is 0.270 e. The third-order valence-corrected chi connectivity index (χ3v) is 2.87. The van der Waals surface area contributed by atoms with Gasteiger partial charge in [-0.2, -0.15) is 0 Å². The van der Waals surface area contributed by atoms with E-state index in [1.807, 2.05) is 25.3 Å². The lowest BCUT2D eigenvalue weighted by molar-refractivity contribution is -0.384. The van der Waals surface area contributed by atoms with Crippen molar-refractivity contribution < 1.29 is 4.92 Å². The monoisotopic (exact) mass is 261 g/mol. The standard InChI is InChI=1S/C12H15N5O2/c1-7(2)16-8(3)14-15-12(16)10-6-9(17(18)19)4-5-11(10)13/h4-7H,13H2,1-3H3. The summed E-state index contributed by atoms with van der Waals surface area (Å²) in [6.45, 7) is 5.82. The number of rotatable bonds is 3. The van der Waals surface area contributed by atoms with E-state index in [1.54, 1.807) is 0 Å². The number of nitrogens with zero attached hydrogens (tertiary/aromatic N) is 4. The Bertz CT molecular complexity index is 633. The number of non-ortho nitro benzene ring substituents is 1. The molecule has 0 amide bonds. The Kier molecular flexibility index (Phi) is 3.20. The van der Waals surface area contributed by atoms with Gasteiger partial charge in [-0.3, -0.25) is 10.1 Å². The third kappa shape index (κ3) is 2.26. The maximum atomic E-state index is 10.8. The zero-order valence-electron chi connectivity index (χ0n) is 11.0. The fourth-order valence-electron chi connectivity index (χ4n) is 2.02. The molecule has 7 heteroatoms. The highest BCUT2D eigenvalue weighted by molar-refractivity contribution is 5.74. The molecular formula is C12H15N5O2. The number of nitrogens with two attached hydrogens (primary N) is 1. The third-order valence-electron chi connectivity index (χ3n) is 2.87. The Morgan fingerprint density at radius 2 is 2.05 bits per heavy atom. The minimum Gasteiger partial charge on any atom is -0.398 e. The van der Waals surface area contributed by atoms with Gasteiger partial charge in [-0.1, -0.05) is 0 Å². The number of hydrogen-bond donors (Lipinski definition) is 1. The van der Waals surface area contributed by atoms with E-state index in [0.29, 0.717) is 17.1 Å². The van der Waals surface area contributed by atoms with Gasteiger partial charge in [0.05, 0.1) is 4.92 Å². The lowest BCUT2D eigenvalue weighted by Crippen LogP contribution is -2.06. The van der Waals surface area contributed by atoms with Gasteiger partial charge in [0.25, 0.3) is 5.69 Å². The van der Waals surface area contributed by atoms with E-state index in [4.69, 9.17) is 5.73 Å². The number of aromatic nitrogens is 3. The molecule has 1 heterocycles. The summed E-state index contributed by atoms with van der Waals surface area (Å²) in [5.74, 6) is 1.30. The van der Waals surface area contributed by atoms with Crippen LogP contribution in [0.15, 0.2) is 18.2 Å². The van der Waals surface area contributed by atoms with Gasteiger partial charge in [0, 0.05) is 29.4 Å². The van der Waals surface area contributed by atoms with Crippen LogP contribution in [0, 0.1) is 17.0 Å². The van der Waals surface area contributed by atoms with Crippen LogP contribution in [-0.4, -0.2) is 19.7 Å². The van der Waals surface area contributed by atoms with Crippen molar-refractivity contribution in [2.75, 3.05) is 5.73 Å². The summed E-state index contributed by atoms with van der Waals surface area (Å²) in [7, 11) is 0. The number of nitro groups is 1. The summed E-state index contributed by atoms with van der Waals surface area (Å²) in [4.78, 5) is 10.4. The first-order valence-corrected chi connectivity index (χ1v) is 5.87. The van der Waals surface area contributed by atoms with Gasteiger partial charge in [-0.25, -0.2) is 0 Å². The summed E-state index contributed by atoms with van der Waals surface area (Å²) in [6.07, 6.45) is 0. The Balaban J connectivity index is 2.65. The Hall–Kier alpha value is -2.44. The molecule has 0 saturated heterocycles. The van der Waals surface area contributed by atoms with Crippen LogP contribution in [0.2, 0.25) is 0 Å². The highest BCUT2D eigenvalue weighted by Crippen LogP contribution is 2.30. The van der Waals surface area contributed by atoms with Crippen molar-refractivity contribution in [3.05, 3.63) is 34.1 Å². The summed E-state index contributed by atoms with van der Waals surface area (Å²) < 4.78 is 1.90. The molecule has 1 aromatic heterocycles. The molecule has 0 aliphatic carbocycles. The van der Waals surface area contributed by atoms with E-state index < -0.39 is 4.92 Å². The van der Waals surface area contributed by atoms with Gasteiger partial charge in [0.15, 0.2) is 5.82 Å². The van der Waals surface area contributed by atoms with Crippen molar-refractivity contribution in [2.24, 2.45) is 0 Å². The largest absolute Gasteiger partial charge is 0.398 e. The number of nitro benzene ring substituents is 1. The van der Waals surface area contributed by atoms with E-state index >= 15 is 0 Å². The molecule has 0 radical (unpaired) electrons. The molecule has 0 fully saturated rings. The SMILES string of the molecule is Cc1nnc(-c2cc([N+](=O)[O-])ccc2N)n1C(C)C. The molecule has 0 atom stereocenters. The predicted molar refractivity (Wildman–Crippen MR) is 71.6 cm³/mol. The number of anilines is 1. The Labute approximate surface area is 110 Å². The molecule has 0 unspecified atom stereocenters. The minimum absolute atomic E-state index is 0.0137. The molecule has 100 valence electrons. The lowest BCUT2D eigenvalue weighted by atomic mass is 10.1. The first-order chi connectivity index (χ1) is 8.91. The molecule has 2 rings (SSSR count).